The summed E-state index contributed by atoms with van der Waals surface area (Å²) >= 11 is 0. The van der Waals surface area contributed by atoms with E-state index >= 15 is 0 Å². The third-order valence-corrected chi connectivity index (χ3v) is 4.77. The zero-order valence-electron chi connectivity index (χ0n) is 7.23. The Morgan fingerprint density at radius 1 is 1.22 bits per heavy atom. The fraction of sp³-hybridized carbons (Fsp3) is 0.750. The Kier molecular flexibility index (Phi) is 3.19. The summed E-state index contributed by atoms with van der Waals surface area (Å²) in [4.78, 5) is 0. The maximum Gasteiger partial charge on any atom is 0.0510 e. The Balaban J connectivity index is 3.88. The Morgan fingerprint density at radius 2 is 1.67 bits per heavy atom. The van der Waals surface area contributed by atoms with Crippen molar-refractivity contribution in [3.63, 3.8) is 0 Å². The second-order valence-electron chi connectivity index (χ2n) is 3.68. The van der Waals surface area contributed by atoms with E-state index in [9.17, 15) is 0 Å². The van der Waals surface area contributed by atoms with Gasteiger partial charge in [-0.25, -0.2) is 0 Å². The normalized spacial score (nSPS) is 16.6. The highest BCUT2D eigenvalue weighted by molar-refractivity contribution is 6.77. The van der Waals surface area contributed by atoms with Crippen LogP contribution >= 0.6 is 0 Å². The first-order chi connectivity index (χ1) is 3.98. The monoisotopic (exact) mass is 142 g/mol. The van der Waals surface area contributed by atoms with Crippen LogP contribution in [-0.2, 0) is 0 Å². The molecule has 0 rings (SSSR count). The van der Waals surface area contributed by atoms with Crippen molar-refractivity contribution >= 4 is 8.07 Å². The minimum absolute atomic E-state index is 0.822. The summed E-state index contributed by atoms with van der Waals surface area (Å²) in [5.74, 6) is 0. The quantitative estimate of drug-likeness (QED) is 0.410. The second-order valence-corrected chi connectivity index (χ2v) is 9.32. The van der Waals surface area contributed by atoms with Crippen LogP contribution in [0, 0.1) is 0 Å². The molecule has 0 aliphatic rings. The molecule has 0 saturated carbocycles. The van der Waals surface area contributed by atoms with Gasteiger partial charge in [0.05, 0.1) is 8.07 Å². The largest absolute Gasteiger partial charge is 0.0917 e. The van der Waals surface area contributed by atoms with Crippen LogP contribution in [0.15, 0.2) is 12.2 Å². The molecule has 0 aromatic carbocycles. The Bertz CT molecular complexity index is 97.6. The number of hydrogen-bond donors (Lipinski definition) is 0. The van der Waals surface area contributed by atoms with Crippen LogP contribution in [0.5, 0.6) is 0 Å². The molecule has 0 bridgehead atoms. The first-order valence-corrected chi connectivity index (χ1v) is 7.19. The van der Waals surface area contributed by atoms with Crippen molar-refractivity contribution in [2.75, 3.05) is 0 Å². The van der Waals surface area contributed by atoms with Crippen LogP contribution in [0.1, 0.15) is 13.8 Å². The number of rotatable bonds is 2. The van der Waals surface area contributed by atoms with Gasteiger partial charge in [-0.05, 0) is 12.5 Å². The third kappa shape index (κ3) is 3.52. The van der Waals surface area contributed by atoms with Gasteiger partial charge in [0.1, 0.15) is 0 Å². The molecule has 0 nitrogen and oxygen atoms in total. The van der Waals surface area contributed by atoms with Gasteiger partial charge in [-0.2, -0.15) is 0 Å². The van der Waals surface area contributed by atoms with E-state index in [4.69, 9.17) is 0 Å². The lowest BCUT2D eigenvalue weighted by Crippen LogP contribution is -2.24. The van der Waals surface area contributed by atoms with Gasteiger partial charge in [-0.15, -0.1) is 0 Å². The maximum atomic E-state index is 2.40. The molecule has 9 heavy (non-hydrogen) atoms. The Hall–Kier alpha value is -0.0431. The molecule has 1 heteroatoms. The maximum absolute atomic E-state index is 2.40. The van der Waals surface area contributed by atoms with Crippen molar-refractivity contribution in [2.45, 2.75) is 39.0 Å². The molecule has 0 saturated heterocycles. The van der Waals surface area contributed by atoms with Crippen LogP contribution in [0.2, 0.25) is 25.2 Å². The van der Waals surface area contributed by atoms with E-state index in [0.717, 1.165) is 5.54 Å². The van der Waals surface area contributed by atoms with Gasteiger partial charge in [-0.1, -0.05) is 38.7 Å². The van der Waals surface area contributed by atoms with Gasteiger partial charge in [-0.3, -0.25) is 0 Å². The molecule has 54 valence electrons. The molecule has 0 spiro atoms. The van der Waals surface area contributed by atoms with E-state index < -0.39 is 8.07 Å². The SMILES string of the molecule is C/C=C\C(C)[Si](C)(C)C. The molecule has 0 fully saturated rings. The van der Waals surface area contributed by atoms with Crippen LogP contribution < -0.4 is 0 Å². The minimum Gasteiger partial charge on any atom is -0.0917 e. The predicted octanol–water partition coefficient (Wildman–Crippen LogP) is 3.29. The fourth-order valence-electron chi connectivity index (χ4n) is 0.577. The van der Waals surface area contributed by atoms with Crippen molar-refractivity contribution in [2.24, 2.45) is 0 Å². The van der Waals surface area contributed by atoms with Crippen molar-refractivity contribution in [1.29, 1.82) is 0 Å². The van der Waals surface area contributed by atoms with E-state index in [1.165, 1.54) is 0 Å². The molecule has 0 amide bonds. The van der Waals surface area contributed by atoms with Crippen LogP contribution in [0.25, 0.3) is 0 Å². The molecular weight excluding hydrogens is 124 g/mol. The van der Waals surface area contributed by atoms with Crippen molar-refractivity contribution in [1.82, 2.24) is 0 Å². The lowest BCUT2D eigenvalue weighted by molar-refractivity contribution is 1.12. The summed E-state index contributed by atoms with van der Waals surface area (Å²) in [7, 11) is -0.868. The Morgan fingerprint density at radius 3 is 1.78 bits per heavy atom. The molecule has 1 unspecified atom stereocenters. The summed E-state index contributed by atoms with van der Waals surface area (Å²) in [5.41, 5.74) is 0.822. The average Bonchev–Trinajstić information content (AvgIpc) is 1.64. The molecular formula is C8H18Si. The third-order valence-electron chi connectivity index (χ3n) is 1.85. The summed E-state index contributed by atoms with van der Waals surface area (Å²) in [6.45, 7) is 11.6. The first-order valence-electron chi connectivity index (χ1n) is 3.61. The highest BCUT2D eigenvalue weighted by Crippen LogP contribution is 2.21. The fourth-order valence-corrected chi connectivity index (χ4v) is 1.35. The van der Waals surface area contributed by atoms with E-state index in [2.05, 4.69) is 45.6 Å². The molecule has 0 aromatic rings. The van der Waals surface area contributed by atoms with E-state index in [1.807, 2.05) is 0 Å². The van der Waals surface area contributed by atoms with E-state index in [-0.39, 0.29) is 0 Å². The lowest BCUT2D eigenvalue weighted by atomic mass is 10.4. The smallest absolute Gasteiger partial charge is 0.0510 e. The summed E-state index contributed by atoms with van der Waals surface area (Å²) < 4.78 is 0. The van der Waals surface area contributed by atoms with Gasteiger partial charge in [0.25, 0.3) is 0 Å². The lowest BCUT2D eigenvalue weighted by Gasteiger charge is -2.21. The summed E-state index contributed by atoms with van der Waals surface area (Å²) in [6.07, 6.45) is 4.47. The molecule has 1 atom stereocenters. The molecule has 0 N–H and O–H groups in total. The molecule has 0 aliphatic heterocycles. The van der Waals surface area contributed by atoms with Crippen LogP contribution in [0.4, 0.5) is 0 Å². The highest BCUT2D eigenvalue weighted by atomic mass is 28.3. The van der Waals surface area contributed by atoms with Gasteiger partial charge in [0.15, 0.2) is 0 Å². The van der Waals surface area contributed by atoms with Gasteiger partial charge in [0, 0.05) is 0 Å². The Labute approximate surface area is 60.0 Å². The number of hydrogen-bond acceptors (Lipinski definition) is 0. The standard InChI is InChI=1S/C8H18Si/c1-6-7-8(2)9(3,4)5/h6-8H,1-5H3/b7-6-. The van der Waals surface area contributed by atoms with Gasteiger partial charge in [0.2, 0.25) is 0 Å². The molecule has 0 aromatic heterocycles. The molecule has 0 aliphatic carbocycles. The first kappa shape index (κ1) is 8.96. The highest BCUT2D eigenvalue weighted by Gasteiger charge is 2.18. The van der Waals surface area contributed by atoms with Crippen molar-refractivity contribution in [3.05, 3.63) is 12.2 Å². The number of allylic oxidation sites excluding steroid dienone is 2. The van der Waals surface area contributed by atoms with Crippen molar-refractivity contribution < 1.29 is 0 Å². The average molecular weight is 142 g/mol. The summed E-state index contributed by atoms with van der Waals surface area (Å²) in [5, 5.41) is 0. The van der Waals surface area contributed by atoms with Gasteiger partial charge >= 0.3 is 0 Å². The zero-order valence-corrected chi connectivity index (χ0v) is 8.23. The molecule has 0 radical (unpaired) electrons. The van der Waals surface area contributed by atoms with Crippen molar-refractivity contribution in [3.8, 4) is 0 Å². The topological polar surface area (TPSA) is 0 Å². The van der Waals surface area contributed by atoms with Gasteiger partial charge < -0.3 is 0 Å². The van der Waals surface area contributed by atoms with Crippen LogP contribution in [-0.4, -0.2) is 8.07 Å². The molecule has 0 heterocycles. The second kappa shape index (κ2) is 3.21. The van der Waals surface area contributed by atoms with E-state index in [1.54, 1.807) is 0 Å². The zero-order chi connectivity index (χ0) is 7.49. The minimum atomic E-state index is -0.868. The summed E-state index contributed by atoms with van der Waals surface area (Å²) in [6, 6.07) is 0. The van der Waals surface area contributed by atoms with Crippen LogP contribution in [0.3, 0.4) is 0 Å². The van der Waals surface area contributed by atoms with E-state index in [0.29, 0.717) is 0 Å². The predicted molar refractivity (Wildman–Crippen MR) is 47.6 cm³/mol.